The summed E-state index contributed by atoms with van der Waals surface area (Å²) in [5.74, 6) is -0.674. The van der Waals surface area contributed by atoms with Crippen molar-refractivity contribution in [2.24, 2.45) is 0 Å². The first-order chi connectivity index (χ1) is 12.9. The first-order valence-corrected chi connectivity index (χ1v) is 8.48. The molecule has 0 spiro atoms. The van der Waals surface area contributed by atoms with Crippen molar-refractivity contribution in [3.63, 3.8) is 0 Å². The average Bonchev–Trinajstić information content (AvgIpc) is 2.66. The number of amides is 1. The lowest BCUT2D eigenvalue weighted by molar-refractivity contribution is -0.153. The molecule has 0 fully saturated rings. The molecule has 0 bridgehead atoms. The molecule has 6 nitrogen and oxygen atoms in total. The second kappa shape index (κ2) is 9.39. The molecule has 0 unspecified atom stereocenters. The van der Waals surface area contributed by atoms with Gasteiger partial charge in [-0.2, -0.15) is 5.26 Å². The van der Waals surface area contributed by atoms with E-state index in [4.69, 9.17) is 14.7 Å². The zero-order valence-corrected chi connectivity index (χ0v) is 15.7. The lowest BCUT2D eigenvalue weighted by Crippen LogP contribution is -2.31. The van der Waals surface area contributed by atoms with Crippen molar-refractivity contribution < 1.29 is 19.1 Å². The van der Waals surface area contributed by atoms with Crippen molar-refractivity contribution >= 4 is 11.9 Å². The van der Waals surface area contributed by atoms with Crippen LogP contribution < -0.4 is 4.74 Å². The molecule has 0 N–H and O–H groups in total. The Morgan fingerprint density at radius 2 is 1.85 bits per heavy atom. The summed E-state index contributed by atoms with van der Waals surface area (Å²) in [6.07, 6.45) is 0. The van der Waals surface area contributed by atoms with Crippen LogP contribution in [0, 0.1) is 25.2 Å². The molecule has 0 aliphatic heterocycles. The number of carbonyl (C=O) groups excluding carboxylic acids is 2. The van der Waals surface area contributed by atoms with Crippen LogP contribution in [-0.2, 0) is 20.9 Å². The quantitative estimate of drug-likeness (QED) is 0.704. The predicted octanol–water partition coefficient (Wildman–Crippen LogP) is 2.76. The van der Waals surface area contributed by atoms with Gasteiger partial charge in [0.25, 0.3) is 5.91 Å². The molecule has 2 rings (SSSR count). The number of nitriles is 1. The van der Waals surface area contributed by atoms with E-state index in [9.17, 15) is 9.59 Å². The second-order valence-corrected chi connectivity index (χ2v) is 6.24. The van der Waals surface area contributed by atoms with Gasteiger partial charge in [0, 0.05) is 13.6 Å². The Morgan fingerprint density at radius 1 is 1.11 bits per heavy atom. The van der Waals surface area contributed by atoms with E-state index in [-0.39, 0.29) is 19.1 Å². The van der Waals surface area contributed by atoms with E-state index in [0.29, 0.717) is 17.9 Å². The molecule has 0 heterocycles. The summed E-state index contributed by atoms with van der Waals surface area (Å²) in [5.41, 5.74) is 3.64. The van der Waals surface area contributed by atoms with Crippen molar-refractivity contribution in [2.75, 3.05) is 20.3 Å². The maximum absolute atomic E-state index is 12.2. The zero-order chi connectivity index (χ0) is 19.8. The molecule has 140 valence electrons. The summed E-state index contributed by atoms with van der Waals surface area (Å²) < 4.78 is 10.3. The third-order valence-electron chi connectivity index (χ3n) is 4.04. The number of para-hydroxylation sites is 1. The second-order valence-electron chi connectivity index (χ2n) is 6.24. The number of hydrogen-bond acceptors (Lipinski definition) is 5. The molecule has 2 aromatic carbocycles. The van der Waals surface area contributed by atoms with Gasteiger partial charge in [0.1, 0.15) is 11.8 Å². The Kier molecular flexibility index (Phi) is 6.95. The SMILES string of the molecule is Cc1ccc(CN(C)C(=O)COC(=O)COc2ccccc2C#N)c(C)c1. The van der Waals surface area contributed by atoms with Crippen LogP contribution in [0.1, 0.15) is 22.3 Å². The molecule has 0 atom stereocenters. The van der Waals surface area contributed by atoms with Crippen LogP contribution in [0.25, 0.3) is 0 Å². The maximum atomic E-state index is 12.2. The molecule has 27 heavy (non-hydrogen) atoms. The van der Waals surface area contributed by atoms with Crippen LogP contribution in [0.15, 0.2) is 42.5 Å². The van der Waals surface area contributed by atoms with Gasteiger partial charge < -0.3 is 14.4 Å². The molecule has 0 saturated heterocycles. The Labute approximate surface area is 158 Å². The monoisotopic (exact) mass is 366 g/mol. The molecular weight excluding hydrogens is 344 g/mol. The first-order valence-electron chi connectivity index (χ1n) is 8.48. The van der Waals surface area contributed by atoms with Gasteiger partial charge in [0.05, 0.1) is 5.56 Å². The van der Waals surface area contributed by atoms with Crippen LogP contribution in [0.3, 0.4) is 0 Å². The van der Waals surface area contributed by atoms with Crippen molar-refractivity contribution in [3.8, 4) is 11.8 Å². The number of esters is 1. The molecule has 6 heteroatoms. The van der Waals surface area contributed by atoms with E-state index >= 15 is 0 Å². The van der Waals surface area contributed by atoms with Gasteiger partial charge in [-0.1, -0.05) is 35.9 Å². The van der Waals surface area contributed by atoms with Gasteiger partial charge >= 0.3 is 5.97 Å². The number of nitrogens with zero attached hydrogens (tertiary/aromatic N) is 2. The van der Waals surface area contributed by atoms with Crippen molar-refractivity contribution in [1.29, 1.82) is 5.26 Å². The fourth-order valence-corrected chi connectivity index (χ4v) is 2.48. The van der Waals surface area contributed by atoms with Crippen molar-refractivity contribution in [2.45, 2.75) is 20.4 Å². The van der Waals surface area contributed by atoms with Gasteiger partial charge in [-0.15, -0.1) is 0 Å². The number of hydrogen-bond donors (Lipinski definition) is 0. The molecule has 0 radical (unpaired) electrons. The lowest BCUT2D eigenvalue weighted by Gasteiger charge is -2.18. The predicted molar refractivity (Wildman–Crippen MR) is 100 cm³/mol. The normalized spacial score (nSPS) is 10.0. The number of likely N-dealkylation sites (N-methyl/N-ethyl adjacent to an activating group) is 1. The van der Waals surface area contributed by atoms with Crippen LogP contribution in [0.2, 0.25) is 0 Å². The highest BCUT2D eigenvalue weighted by Crippen LogP contribution is 2.16. The minimum Gasteiger partial charge on any atom is -0.481 e. The first kappa shape index (κ1) is 20.0. The molecule has 0 saturated carbocycles. The summed E-state index contributed by atoms with van der Waals surface area (Å²) in [6.45, 7) is 3.73. The minimum atomic E-state index is -0.670. The highest BCUT2D eigenvalue weighted by atomic mass is 16.6. The highest BCUT2D eigenvalue weighted by molar-refractivity contribution is 5.80. The number of carbonyl (C=O) groups is 2. The van der Waals surface area contributed by atoms with Gasteiger partial charge in [-0.05, 0) is 37.1 Å². The number of rotatable bonds is 7. The zero-order valence-electron chi connectivity index (χ0n) is 15.7. The van der Waals surface area contributed by atoms with E-state index in [2.05, 4.69) is 6.07 Å². The standard InChI is InChI=1S/C21H22N2O4/c1-15-8-9-18(16(2)10-15)12-23(3)20(24)13-27-21(25)14-26-19-7-5-4-6-17(19)11-22/h4-10H,12-14H2,1-3H3. The van der Waals surface area contributed by atoms with Gasteiger partial charge in [0.2, 0.25) is 0 Å². The summed E-state index contributed by atoms with van der Waals surface area (Å²) in [7, 11) is 1.66. The van der Waals surface area contributed by atoms with E-state index in [1.165, 1.54) is 4.90 Å². The summed E-state index contributed by atoms with van der Waals surface area (Å²) in [4.78, 5) is 25.5. The summed E-state index contributed by atoms with van der Waals surface area (Å²) >= 11 is 0. The Hall–Kier alpha value is -3.33. The topological polar surface area (TPSA) is 79.6 Å². The van der Waals surface area contributed by atoms with Crippen LogP contribution in [0.5, 0.6) is 5.75 Å². The van der Waals surface area contributed by atoms with E-state index in [1.54, 1.807) is 31.3 Å². The van der Waals surface area contributed by atoms with E-state index in [0.717, 1.165) is 16.7 Å². The van der Waals surface area contributed by atoms with Gasteiger partial charge in [0.15, 0.2) is 13.2 Å². The minimum absolute atomic E-state index is 0.301. The largest absolute Gasteiger partial charge is 0.481 e. The fourth-order valence-electron chi connectivity index (χ4n) is 2.48. The summed E-state index contributed by atoms with van der Waals surface area (Å²) in [5, 5.41) is 8.98. The van der Waals surface area contributed by atoms with Gasteiger partial charge in [-0.25, -0.2) is 4.79 Å². The molecule has 0 aromatic heterocycles. The fraction of sp³-hybridized carbons (Fsp3) is 0.286. The summed E-state index contributed by atoms with van der Waals surface area (Å²) in [6, 6.07) is 14.6. The van der Waals surface area contributed by atoms with Crippen molar-refractivity contribution in [1.82, 2.24) is 4.90 Å². The number of aryl methyl sites for hydroxylation is 2. The van der Waals surface area contributed by atoms with Crippen LogP contribution in [-0.4, -0.2) is 37.0 Å². The Morgan fingerprint density at radius 3 is 2.56 bits per heavy atom. The lowest BCUT2D eigenvalue weighted by atomic mass is 10.1. The van der Waals surface area contributed by atoms with Crippen LogP contribution >= 0.6 is 0 Å². The molecular formula is C21H22N2O4. The van der Waals surface area contributed by atoms with Crippen LogP contribution in [0.4, 0.5) is 0 Å². The Balaban J connectivity index is 1.80. The molecule has 2 aromatic rings. The van der Waals surface area contributed by atoms with Crippen molar-refractivity contribution in [3.05, 3.63) is 64.7 Å². The third kappa shape index (κ3) is 5.86. The highest BCUT2D eigenvalue weighted by Gasteiger charge is 2.14. The molecule has 0 aliphatic carbocycles. The third-order valence-corrected chi connectivity index (χ3v) is 4.04. The smallest absolute Gasteiger partial charge is 0.344 e. The number of benzene rings is 2. The van der Waals surface area contributed by atoms with E-state index < -0.39 is 5.97 Å². The average molecular weight is 366 g/mol. The molecule has 1 amide bonds. The Bertz CT molecular complexity index is 871. The maximum Gasteiger partial charge on any atom is 0.344 e. The van der Waals surface area contributed by atoms with E-state index in [1.807, 2.05) is 32.0 Å². The number of ether oxygens (including phenoxy) is 2. The molecule has 0 aliphatic rings. The van der Waals surface area contributed by atoms with Gasteiger partial charge in [-0.3, -0.25) is 4.79 Å².